The summed E-state index contributed by atoms with van der Waals surface area (Å²) in [6, 6.07) is 11.3. The third-order valence-corrected chi connectivity index (χ3v) is 3.99. The SMILES string of the molecule is Cn1ccc(-c2nc(N)c(C(N)=O)nc2-c2ccc3ncccc3c2)n1. The van der Waals surface area contributed by atoms with Crippen molar-refractivity contribution in [2.24, 2.45) is 12.8 Å². The number of amides is 1. The number of nitrogen functional groups attached to an aromatic ring is 1. The Balaban J connectivity index is 2.00. The molecule has 0 saturated heterocycles. The summed E-state index contributed by atoms with van der Waals surface area (Å²) in [4.78, 5) is 24.8. The number of rotatable bonds is 3. The van der Waals surface area contributed by atoms with Crippen LogP contribution in [0.2, 0.25) is 0 Å². The van der Waals surface area contributed by atoms with Gasteiger partial charge in [0.1, 0.15) is 11.4 Å². The first-order valence-corrected chi connectivity index (χ1v) is 7.85. The first kappa shape index (κ1) is 15.7. The van der Waals surface area contributed by atoms with E-state index >= 15 is 0 Å². The molecule has 8 nitrogen and oxygen atoms in total. The smallest absolute Gasteiger partial charge is 0.271 e. The molecule has 0 aliphatic rings. The van der Waals surface area contributed by atoms with Crippen molar-refractivity contribution in [2.45, 2.75) is 0 Å². The van der Waals surface area contributed by atoms with E-state index in [0.717, 1.165) is 16.5 Å². The van der Waals surface area contributed by atoms with E-state index in [1.54, 1.807) is 30.2 Å². The molecular weight excluding hydrogens is 330 g/mol. The van der Waals surface area contributed by atoms with Crippen molar-refractivity contribution in [3.8, 4) is 22.6 Å². The van der Waals surface area contributed by atoms with E-state index in [9.17, 15) is 4.79 Å². The Kier molecular flexibility index (Phi) is 3.58. The molecule has 4 aromatic rings. The average molecular weight is 345 g/mol. The number of nitrogens with zero attached hydrogens (tertiary/aromatic N) is 5. The zero-order chi connectivity index (χ0) is 18.3. The number of primary amides is 1. The van der Waals surface area contributed by atoms with Crippen molar-refractivity contribution in [1.29, 1.82) is 0 Å². The van der Waals surface area contributed by atoms with Gasteiger partial charge in [-0.15, -0.1) is 0 Å². The van der Waals surface area contributed by atoms with Crippen LogP contribution in [0.4, 0.5) is 5.82 Å². The van der Waals surface area contributed by atoms with Gasteiger partial charge in [-0.1, -0.05) is 12.1 Å². The van der Waals surface area contributed by atoms with Crippen molar-refractivity contribution in [3.63, 3.8) is 0 Å². The number of carbonyl (C=O) groups is 1. The van der Waals surface area contributed by atoms with Crippen molar-refractivity contribution < 1.29 is 4.79 Å². The molecule has 0 radical (unpaired) electrons. The third-order valence-electron chi connectivity index (χ3n) is 3.99. The normalized spacial score (nSPS) is 11.0. The fraction of sp³-hybridized carbons (Fsp3) is 0.0556. The topological polar surface area (TPSA) is 126 Å². The molecule has 3 heterocycles. The van der Waals surface area contributed by atoms with Crippen LogP contribution >= 0.6 is 0 Å². The number of pyridine rings is 1. The van der Waals surface area contributed by atoms with Crippen LogP contribution in [0.15, 0.2) is 48.8 Å². The van der Waals surface area contributed by atoms with Gasteiger partial charge in [-0.2, -0.15) is 5.10 Å². The minimum absolute atomic E-state index is 0.0237. The molecule has 0 bridgehead atoms. The minimum Gasteiger partial charge on any atom is -0.382 e. The van der Waals surface area contributed by atoms with Gasteiger partial charge in [0, 0.05) is 30.4 Å². The summed E-state index contributed by atoms with van der Waals surface area (Å²) in [7, 11) is 1.80. The molecule has 0 unspecified atom stereocenters. The lowest BCUT2D eigenvalue weighted by Gasteiger charge is -2.10. The highest BCUT2D eigenvalue weighted by atomic mass is 16.1. The predicted octanol–water partition coefficient (Wildman–Crippen LogP) is 1.77. The van der Waals surface area contributed by atoms with Gasteiger partial charge < -0.3 is 11.5 Å². The monoisotopic (exact) mass is 345 g/mol. The van der Waals surface area contributed by atoms with Crippen molar-refractivity contribution in [1.82, 2.24) is 24.7 Å². The van der Waals surface area contributed by atoms with E-state index in [1.165, 1.54) is 0 Å². The molecule has 26 heavy (non-hydrogen) atoms. The summed E-state index contributed by atoms with van der Waals surface area (Å²) >= 11 is 0. The van der Waals surface area contributed by atoms with Gasteiger partial charge in [-0.3, -0.25) is 14.5 Å². The summed E-state index contributed by atoms with van der Waals surface area (Å²) < 4.78 is 1.66. The Morgan fingerprint density at radius 2 is 1.96 bits per heavy atom. The molecule has 1 amide bonds. The lowest BCUT2D eigenvalue weighted by atomic mass is 10.0. The lowest BCUT2D eigenvalue weighted by Crippen LogP contribution is -2.18. The number of carbonyl (C=O) groups excluding carboxylic acids is 1. The molecule has 0 aliphatic carbocycles. The average Bonchev–Trinajstić information content (AvgIpc) is 3.07. The molecule has 0 atom stereocenters. The highest BCUT2D eigenvalue weighted by Gasteiger charge is 2.19. The zero-order valence-corrected chi connectivity index (χ0v) is 13.9. The summed E-state index contributed by atoms with van der Waals surface area (Å²) in [6.07, 6.45) is 3.53. The minimum atomic E-state index is -0.730. The van der Waals surface area contributed by atoms with Crippen LogP contribution in [0, 0.1) is 0 Å². The molecule has 0 spiro atoms. The summed E-state index contributed by atoms with van der Waals surface area (Å²) in [5.41, 5.74) is 14.4. The van der Waals surface area contributed by atoms with E-state index in [-0.39, 0.29) is 11.5 Å². The molecule has 0 fully saturated rings. The van der Waals surface area contributed by atoms with Crippen LogP contribution in [-0.4, -0.2) is 30.6 Å². The van der Waals surface area contributed by atoms with Gasteiger partial charge in [0.05, 0.1) is 11.2 Å². The standard InChI is InChI=1S/C18H15N7O/c1-25-8-6-13(24-25)15-14(22-16(18(20)26)17(19)23-15)11-4-5-12-10(9-11)3-2-7-21-12/h2-9H,1H3,(H2,19,23)(H2,20,26). The highest BCUT2D eigenvalue weighted by Crippen LogP contribution is 2.31. The fourth-order valence-corrected chi connectivity index (χ4v) is 2.77. The van der Waals surface area contributed by atoms with Gasteiger partial charge in [0.15, 0.2) is 11.5 Å². The number of anilines is 1. The van der Waals surface area contributed by atoms with Crippen LogP contribution < -0.4 is 11.5 Å². The van der Waals surface area contributed by atoms with E-state index in [4.69, 9.17) is 11.5 Å². The quantitative estimate of drug-likeness (QED) is 0.583. The molecule has 3 aromatic heterocycles. The second-order valence-electron chi connectivity index (χ2n) is 5.80. The van der Waals surface area contributed by atoms with Crippen LogP contribution in [-0.2, 0) is 7.05 Å². The molecular formula is C18H15N7O. The molecule has 4 N–H and O–H groups in total. The van der Waals surface area contributed by atoms with Crippen LogP contribution in [0.1, 0.15) is 10.5 Å². The van der Waals surface area contributed by atoms with E-state index in [2.05, 4.69) is 20.1 Å². The number of benzene rings is 1. The van der Waals surface area contributed by atoms with Crippen LogP contribution in [0.3, 0.4) is 0 Å². The van der Waals surface area contributed by atoms with E-state index in [1.807, 2.05) is 30.3 Å². The van der Waals surface area contributed by atoms with Gasteiger partial charge in [-0.25, -0.2) is 9.97 Å². The Hall–Kier alpha value is -3.81. The number of aromatic nitrogens is 5. The molecule has 0 aliphatic heterocycles. The second kappa shape index (κ2) is 5.92. The summed E-state index contributed by atoms with van der Waals surface area (Å²) in [5, 5.41) is 5.32. The predicted molar refractivity (Wildman–Crippen MR) is 97.9 cm³/mol. The number of hydrogen-bond acceptors (Lipinski definition) is 6. The fourth-order valence-electron chi connectivity index (χ4n) is 2.77. The zero-order valence-electron chi connectivity index (χ0n) is 13.9. The molecule has 1 aromatic carbocycles. The number of hydrogen-bond donors (Lipinski definition) is 2. The first-order chi connectivity index (χ1) is 12.5. The lowest BCUT2D eigenvalue weighted by molar-refractivity contribution is 0.0996. The Labute approximate surface area is 148 Å². The van der Waals surface area contributed by atoms with Gasteiger partial charge in [0.25, 0.3) is 5.91 Å². The summed E-state index contributed by atoms with van der Waals surface area (Å²) in [6.45, 7) is 0. The van der Waals surface area contributed by atoms with Gasteiger partial charge in [0.2, 0.25) is 0 Å². The second-order valence-corrected chi connectivity index (χ2v) is 5.80. The summed E-state index contributed by atoms with van der Waals surface area (Å²) in [5.74, 6) is -0.754. The maximum Gasteiger partial charge on any atom is 0.271 e. The van der Waals surface area contributed by atoms with Crippen LogP contribution in [0.25, 0.3) is 33.5 Å². The molecule has 0 saturated carbocycles. The Bertz CT molecular complexity index is 1150. The number of nitrogens with two attached hydrogens (primary N) is 2. The van der Waals surface area contributed by atoms with E-state index in [0.29, 0.717) is 17.1 Å². The molecule has 128 valence electrons. The van der Waals surface area contributed by atoms with Crippen LogP contribution in [0.5, 0.6) is 0 Å². The number of fused-ring (bicyclic) bond motifs is 1. The third kappa shape index (κ3) is 2.63. The van der Waals surface area contributed by atoms with Gasteiger partial charge >= 0.3 is 0 Å². The Morgan fingerprint density at radius 3 is 2.69 bits per heavy atom. The van der Waals surface area contributed by atoms with Gasteiger partial charge in [-0.05, 0) is 24.3 Å². The van der Waals surface area contributed by atoms with Crippen molar-refractivity contribution >= 4 is 22.6 Å². The van der Waals surface area contributed by atoms with Crippen molar-refractivity contribution in [3.05, 3.63) is 54.5 Å². The number of aryl methyl sites for hydroxylation is 1. The molecule has 4 rings (SSSR count). The molecule has 8 heteroatoms. The maximum absolute atomic E-state index is 11.7. The highest BCUT2D eigenvalue weighted by molar-refractivity contribution is 5.97. The largest absolute Gasteiger partial charge is 0.382 e. The Morgan fingerprint density at radius 1 is 1.12 bits per heavy atom. The maximum atomic E-state index is 11.7. The van der Waals surface area contributed by atoms with E-state index < -0.39 is 5.91 Å². The van der Waals surface area contributed by atoms with Crippen molar-refractivity contribution in [2.75, 3.05) is 5.73 Å². The first-order valence-electron chi connectivity index (χ1n) is 7.85.